The summed E-state index contributed by atoms with van der Waals surface area (Å²) in [6.45, 7) is 0. The summed E-state index contributed by atoms with van der Waals surface area (Å²) in [6, 6.07) is 5.68. The minimum absolute atomic E-state index is 0.223. The Morgan fingerprint density at radius 1 is 1.28 bits per heavy atom. The molecule has 1 aliphatic carbocycles. The van der Waals surface area contributed by atoms with Crippen LogP contribution in [0.3, 0.4) is 0 Å². The molecule has 0 saturated heterocycles. The van der Waals surface area contributed by atoms with Crippen LogP contribution in [0.5, 0.6) is 0 Å². The molecule has 0 atom stereocenters. The average molecular weight is 328 g/mol. The number of allylic oxidation sites excluding steroid dienone is 2. The molecular formula is C15H16BrClO. The van der Waals surface area contributed by atoms with Crippen molar-refractivity contribution in [1.82, 2.24) is 0 Å². The Morgan fingerprint density at radius 3 is 2.89 bits per heavy atom. The van der Waals surface area contributed by atoms with Crippen LogP contribution in [0.15, 0.2) is 34.3 Å². The molecule has 18 heavy (non-hydrogen) atoms. The van der Waals surface area contributed by atoms with Crippen LogP contribution in [0.4, 0.5) is 0 Å². The average Bonchev–Trinajstić information content (AvgIpc) is 2.61. The fourth-order valence-electron chi connectivity index (χ4n) is 2.22. The molecule has 1 aromatic carbocycles. The van der Waals surface area contributed by atoms with E-state index in [1.807, 2.05) is 18.2 Å². The van der Waals surface area contributed by atoms with Crippen LogP contribution in [0.25, 0.3) is 0 Å². The molecule has 0 fully saturated rings. The van der Waals surface area contributed by atoms with Gasteiger partial charge in [-0.3, -0.25) is 4.79 Å². The van der Waals surface area contributed by atoms with E-state index in [4.69, 9.17) is 11.6 Å². The van der Waals surface area contributed by atoms with E-state index in [-0.39, 0.29) is 5.78 Å². The van der Waals surface area contributed by atoms with Crippen molar-refractivity contribution in [2.45, 2.75) is 38.5 Å². The maximum Gasteiger partial charge on any atom is 0.162 e. The van der Waals surface area contributed by atoms with Crippen LogP contribution >= 0.6 is 27.5 Å². The lowest BCUT2D eigenvalue weighted by Gasteiger charge is -2.07. The van der Waals surface area contributed by atoms with Gasteiger partial charge in [-0.2, -0.15) is 0 Å². The van der Waals surface area contributed by atoms with Crippen LogP contribution in [-0.2, 0) is 11.2 Å². The molecule has 1 nitrogen and oxygen atoms in total. The van der Waals surface area contributed by atoms with Crippen molar-refractivity contribution in [2.75, 3.05) is 0 Å². The lowest BCUT2D eigenvalue weighted by atomic mass is 10.00. The summed E-state index contributed by atoms with van der Waals surface area (Å²) in [6.07, 6.45) is 8.05. The number of benzene rings is 1. The Bertz CT molecular complexity index is 479. The molecule has 0 heterocycles. The third kappa shape index (κ3) is 3.69. The van der Waals surface area contributed by atoms with Gasteiger partial charge in [-0.1, -0.05) is 46.1 Å². The van der Waals surface area contributed by atoms with Crippen molar-refractivity contribution in [3.05, 3.63) is 44.9 Å². The van der Waals surface area contributed by atoms with Crippen LogP contribution in [0.1, 0.15) is 37.7 Å². The Kier molecular flexibility index (Phi) is 5.02. The number of ketones is 1. The van der Waals surface area contributed by atoms with Crippen molar-refractivity contribution in [1.29, 1.82) is 0 Å². The third-order valence-electron chi connectivity index (χ3n) is 3.27. The minimum atomic E-state index is 0.223. The first-order valence-corrected chi connectivity index (χ1v) is 7.50. The highest BCUT2D eigenvalue weighted by Gasteiger charge is 2.13. The second-order valence-corrected chi connectivity index (χ2v) is 5.99. The maximum absolute atomic E-state index is 12.2. The van der Waals surface area contributed by atoms with Gasteiger partial charge in [-0.25, -0.2) is 0 Å². The number of rotatable bonds is 3. The zero-order valence-electron chi connectivity index (χ0n) is 10.2. The van der Waals surface area contributed by atoms with E-state index in [2.05, 4.69) is 22.0 Å². The molecule has 1 aliphatic rings. The van der Waals surface area contributed by atoms with E-state index >= 15 is 0 Å². The van der Waals surface area contributed by atoms with E-state index in [0.717, 1.165) is 34.9 Å². The van der Waals surface area contributed by atoms with Gasteiger partial charge in [0.15, 0.2) is 5.78 Å². The molecule has 0 bridgehead atoms. The van der Waals surface area contributed by atoms with Crippen molar-refractivity contribution in [3.63, 3.8) is 0 Å². The molecule has 0 aromatic heterocycles. The molecule has 1 aromatic rings. The summed E-state index contributed by atoms with van der Waals surface area (Å²) >= 11 is 9.51. The normalized spacial score (nSPS) is 16.0. The molecule has 0 saturated carbocycles. The Labute approximate surface area is 121 Å². The highest BCUT2D eigenvalue weighted by Crippen LogP contribution is 2.24. The lowest BCUT2D eigenvalue weighted by molar-refractivity contribution is -0.115. The maximum atomic E-state index is 12.2. The van der Waals surface area contributed by atoms with Crippen molar-refractivity contribution in [3.8, 4) is 0 Å². The molecule has 0 radical (unpaired) electrons. The molecule has 0 amide bonds. The third-order valence-corrected chi connectivity index (χ3v) is 4.11. The standard InChI is InChI=1S/C15H16BrClO/c16-13-8-7-12(14(17)10-13)9-15(18)11-5-3-1-2-4-6-11/h5,7-8,10H,1-4,6,9H2. The van der Waals surface area contributed by atoms with Gasteiger partial charge in [0.05, 0.1) is 0 Å². The quantitative estimate of drug-likeness (QED) is 0.754. The largest absolute Gasteiger partial charge is 0.294 e. The summed E-state index contributed by atoms with van der Waals surface area (Å²) < 4.78 is 0.942. The Morgan fingerprint density at radius 2 is 2.11 bits per heavy atom. The van der Waals surface area contributed by atoms with Gasteiger partial charge in [-0.15, -0.1) is 0 Å². The predicted octanol–water partition coefficient (Wildman–Crippen LogP) is 5.10. The monoisotopic (exact) mass is 326 g/mol. The van der Waals surface area contributed by atoms with Gasteiger partial charge in [0.25, 0.3) is 0 Å². The Hall–Kier alpha value is -0.600. The van der Waals surface area contributed by atoms with Gasteiger partial charge in [0.2, 0.25) is 0 Å². The van der Waals surface area contributed by atoms with Crippen LogP contribution < -0.4 is 0 Å². The molecule has 96 valence electrons. The van der Waals surface area contributed by atoms with Crippen LogP contribution in [0.2, 0.25) is 5.02 Å². The smallest absolute Gasteiger partial charge is 0.162 e. The topological polar surface area (TPSA) is 17.1 Å². The molecule has 0 unspecified atom stereocenters. The molecule has 0 N–H and O–H groups in total. The van der Waals surface area contributed by atoms with Crippen molar-refractivity contribution >= 4 is 33.3 Å². The van der Waals surface area contributed by atoms with Gasteiger partial charge in [0.1, 0.15) is 0 Å². The second-order valence-electron chi connectivity index (χ2n) is 4.66. The van der Waals surface area contributed by atoms with Crippen LogP contribution in [0, 0.1) is 0 Å². The van der Waals surface area contributed by atoms with E-state index in [0.29, 0.717) is 11.4 Å². The van der Waals surface area contributed by atoms with Crippen LogP contribution in [-0.4, -0.2) is 5.78 Å². The molecular weight excluding hydrogens is 312 g/mol. The molecule has 0 spiro atoms. The van der Waals surface area contributed by atoms with Gasteiger partial charge < -0.3 is 0 Å². The second kappa shape index (κ2) is 6.53. The van der Waals surface area contributed by atoms with E-state index in [1.165, 1.54) is 12.8 Å². The minimum Gasteiger partial charge on any atom is -0.294 e. The number of Topliss-reactive ketones (excluding diaryl/α,β-unsaturated/α-hetero) is 1. The van der Waals surface area contributed by atoms with Gasteiger partial charge >= 0.3 is 0 Å². The zero-order valence-corrected chi connectivity index (χ0v) is 12.6. The summed E-state index contributed by atoms with van der Waals surface area (Å²) in [4.78, 5) is 12.2. The Balaban J connectivity index is 2.08. The lowest BCUT2D eigenvalue weighted by Crippen LogP contribution is -2.06. The summed E-state index contributed by atoms with van der Waals surface area (Å²) in [5.74, 6) is 0.223. The number of hydrogen-bond donors (Lipinski definition) is 0. The van der Waals surface area contributed by atoms with Crippen molar-refractivity contribution < 1.29 is 4.79 Å². The number of carbonyl (C=O) groups is 1. The first kappa shape index (κ1) is 13.8. The van der Waals surface area contributed by atoms with Gasteiger partial charge in [0, 0.05) is 15.9 Å². The molecule has 3 heteroatoms. The van der Waals surface area contributed by atoms with Gasteiger partial charge in [-0.05, 0) is 49.0 Å². The van der Waals surface area contributed by atoms with E-state index in [9.17, 15) is 4.79 Å². The number of halogens is 2. The van der Waals surface area contributed by atoms with Crippen molar-refractivity contribution in [2.24, 2.45) is 0 Å². The molecule has 2 rings (SSSR count). The predicted molar refractivity (Wildman–Crippen MR) is 79.0 cm³/mol. The fraction of sp³-hybridized carbons (Fsp3) is 0.400. The summed E-state index contributed by atoms with van der Waals surface area (Å²) in [7, 11) is 0. The SMILES string of the molecule is O=C(Cc1ccc(Br)cc1Cl)C1=CCCCCC1. The highest BCUT2D eigenvalue weighted by atomic mass is 79.9. The first-order valence-electron chi connectivity index (χ1n) is 6.33. The zero-order chi connectivity index (χ0) is 13.0. The number of carbonyl (C=O) groups excluding carboxylic acids is 1. The fourth-order valence-corrected chi connectivity index (χ4v) is 2.96. The summed E-state index contributed by atoms with van der Waals surface area (Å²) in [5.41, 5.74) is 1.90. The van der Waals surface area contributed by atoms with E-state index < -0.39 is 0 Å². The number of hydrogen-bond acceptors (Lipinski definition) is 1. The molecule has 0 aliphatic heterocycles. The summed E-state index contributed by atoms with van der Waals surface area (Å²) in [5, 5.41) is 0.659. The highest BCUT2D eigenvalue weighted by molar-refractivity contribution is 9.10. The first-order chi connectivity index (χ1) is 8.66. The van der Waals surface area contributed by atoms with E-state index in [1.54, 1.807) is 0 Å².